The number of hydrogen-bond donors (Lipinski definition) is 1. The maximum Gasteiger partial charge on any atom is 0.165 e. The van der Waals surface area contributed by atoms with Crippen LogP contribution in [0.15, 0.2) is 18.2 Å². The molecule has 1 N–H and O–H groups in total. The van der Waals surface area contributed by atoms with Crippen molar-refractivity contribution in [1.29, 1.82) is 0 Å². The highest BCUT2D eigenvalue weighted by molar-refractivity contribution is 5.28. The minimum absolute atomic E-state index is 0.270. The monoisotopic (exact) mass is 281 g/mol. The van der Waals surface area contributed by atoms with Gasteiger partial charge in [-0.15, -0.1) is 0 Å². The summed E-state index contributed by atoms with van der Waals surface area (Å²) in [7, 11) is 0. The molecule has 0 bridgehead atoms. The summed E-state index contributed by atoms with van der Waals surface area (Å²) in [5.74, 6) is 0.555. The minimum Gasteiger partial charge on any atom is -0.490 e. The van der Waals surface area contributed by atoms with E-state index in [9.17, 15) is 4.39 Å². The Kier molecular flexibility index (Phi) is 8.28. The predicted octanol–water partition coefficient (Wildman–Crippen LogP) is 4.32. The molecule has 2 nitrogen and oxygen atoms in total. The predicted molar refractivity (Wildman–Crippen MR) is 82.8 cm³/mol. The van der Waals surface area contributed by atoms with Gasteiger partial charge in [-0.05, 0) is 56.5 Å². The molecule has 1 aromatic carbocycles. The molecule has 1 aliphatic heterocycles. The Morgan fingerprint density at radius 2 is 1.95 bits per heavy atom. The zero-order valence-corrected chi connectivity index (χ0v) is 13.0. The van der Waals surface area contributed by atoms with Crippen LogP contribution in [-0.2, 0) is 0 Å². The van der Waals surface area contributed by atoms with Crippen LogP contribution in [0.25, 0.3) is 0 Å². The van der Waals surface area contributed by atoms with Gasteiger partial charge in [0.2, 0.25) is 0 Å². The van der Waals surface area contributed by atoms with Crippen LogP contribution in [0.5, 0.6) is 5.75 Å². The molecule has 3 heteroatoms. The number of rotatable bonds is 4. The van der Waals surface area contributed by atoms with Gasteiger partial charge in [-0.2, -0.15) is 0 Å². The van der Waals surface area contributed by atoms with E-state index in [-0.39, 0.29) is 5.82 Å². The fourth-order valence-corrected chi connectivity index (χ4v) is 1.87. The second-order valence-electron chi connectivity index (χ2n) is 5.57. The van der Waals surface area contributed by atoms with Crippen molar-refractivity contribution < 1.29 is 9.13 Å². The van der Waals surface area contributed by atoms with Crippen LogP contribution in [0.1, 0.15) is 45.1 Å². The van der Waals surface area contributed by atoms with Gasteiger partial charge in [0, 0.05) is 0 Å². The Hall–Kier alpha value is -1.09. The zero-order valence-electron chi connectivity index (χ0n) is 13.0. The van der Waals surface area contributed by atoms with Crippen LogP contribution in [0.3, 0.4) is 0 Å². The third-order valence-electron chi connectivity index (χ3n) is 3.51. The van der Waals surface area contributed by atoms with Gasteiger partial charge in [0.25, 0.3) is 0 Å². The number of nitrogens with one attached hydrogen (secondary N) is 1. The van der Waals surface area contributed by atoms with E-state index in [1.807, 2.05) is 13.0 Å². The van der Waals surface area contributed by atoms with Gasteiger partial charge in [0.15, 0.2) is 11.6 Å². The van der Waals surface area contributed by atoms with Crippen molar-refractivity contribution >= 4 is 0 Å². The highest BCUT2D eigenvalue weighted by Crippen LogP contribution is 2.18. The topological polar surface area (TPSA) is 21.3 Å². The molecule has 0 amide bonds. The molecule has 114 valence electrons. The first-order valence-corrected chi connectivity index (χ1v) is 7.73. The van der Waals surface area contributed by atoms with Gasteiger partial charge in [-0.3, -0.25) is 0 Å². The van der Waals surface area contributed by atoms with Crippen LogP contribution < -0.4 is 10.1 Å². The number of hydrogen-bond acceptors (Lipinski definition) is 2. The largest absolute Gasteiger partial charge is 0.490 e. The maximum absolute atomic E-state index is 13.3. The molecule has 1 heterocycles. The Labute approximate surface area is 122 Å². The van der Waals surface area contributed by atoms with Gasteiger partial charge >= 0.3 is 0 Å². The van der Waals surface area contributed by atoms with E-state index >= 15 is 0 Å². The summed E-state index contributed by atoms with van der Waals surface area (Å²) in [6.45, 7) is 9.13. The molecular formula is C17H28FNO. The summed E-state index contributed by atoms with van der Waals surface area (Å²) in [6, 6.07) is 5.04. The highest BCUT2D eigenvalue weighted by Gasteiger charge is 2.05. The third-order valence-corrected chi connectivity index (χ3v) is 3.51. The number of benzene rings is 1. The lowest BCUT2D eigenvalue weighted by Gasteiger charge is -2.11. The Morgan fingerprint density at radius 3 is 2.40 bits per heavy atom. The lowest BCUT2D eigenvalue weighted by molar-refractivity contribution is 0.246. The number of piperidine rings is 1. The average molecular weight is 281 g/mol. The summed E-state index contributed by atoms with van der Waals surface area (Å²) >= 11 is 0. The lowest BCUT2D eigenvalue weighted by atomic mass is 10.1. The minimum atomic E-state index is -0.270. The zero-order chi connectivity index (χ0) is 14.8. The molecule has 2 rings (SSSR count). The van der Waals surface area contributed by atoms with Crippen LogP contribution in [-0.4, -0.2) is 19.7 Å². The first kappa shape index (κ1) is 17.0. The van der Waals surface area contributed by atoms with Gasteiger partial charge in [0.1, 0.15) is 0 Å². The van der Waals surface area contributed by atoms with Crippen molar-refractivity contribution in [3.63, 3.8) is 0 Å². The highest BCUT2D eigenvalue weighted by atomic mass is 19.1. The molecule has 0 radical (unpaired) electrons. The van der Waals surface area contributed by atoms with Crippen molar-refractivity contribution in [1.82, 2.24) is 5.32 Å². The standard InChI is InChI=1S/C12H17FO.C5H11N/c1-4-9(2)8-14-12-6-5-10(3)7-11(12)13;1-2-4-6-5-3-1/h5-7,9H,4,8H2,1-3H3;6H,1-5H2. The van der Waals surface area contributed by atoms with Crippen LogP contribution in [0.2, 0.25) is 0 Å². The van der Waals surface area contributed by atoms with Crippen molar-refractivity contribution in [2.75, 3.05) is 19.7 Å². The number of aryl methyl sites for hydroxylation is 1. The second-order valence-corrected chi connectivity index (χ2v) is 5.57. The van der Waals surface area contributed by atoms with Crippen LogP contribution in [0, 0.1) is 18.7 Å². The van der Waals surface area contributed by atoms with E-state index in [1.54, 1.807) is 6.07 Å². The van der Waals surface area contributed by atoms with Crippen molar-refractivity contribution in [3.05, 3.63) is 29.6 Å². The molecular weight excluding hydrogens is 253 g/mol. The lowest BCUT2D eigenvalue weighted by Crippen LogP contribution is -2.21. The van der Waals surface area contributed by atoms with Crippen molar-refractivity contribution in [3.8, 4) is 5.75 Å². The molecule has 1 aliphatic rings. The van der Waals surface area contributed by atoms with Crippen molar-refractivity contribution in [2.24, 2.45) is 5.92 Å². The molecule has 1 saturated heterocycles. The average Bonchev–Trinajstić information content (AvgIpc) is 2.48. The first-order valence-electron chi connectivity index (χ1n) is 7.73. The molecule has 0 aliphatic carbocycles. The Bertz CT molecular complexity index is 366. The van der Waals surface area contributed by atoms with Gasteiger partial charge in [-0.25, -0.2) is 4.39 Å². The Balaban J connectivity index is 0.000000276. The summed E-state index contributed by atoms with van der Waals surface area (Å²) < 4.78 is 18.6. The molecule has 0 aromatic heterocycles. The smallest absolute Gasteiger partial charge is 0.165 e. The van der Waals surface area contributed by atoms with Crippen LogP contribution in [0.4, 0.5) is 4.39 Å². The Morgan fingerprint density at radius 1 is 1.25 bits per heavy atom. The molecule has 1 atom stereocenters. The number of halogens is 1. The fourth-order valence-electron chi connectivity index (χ4n) is 1.87. The van der Waals surface area contributed by atoms with Crippen LogP contribution >= 0.6 is 0 Å². The SMILES string of the molecule is C1CCNCC1.CCC(C)COc1ccc(C)cc1F. The molecule has 0 spiro atoms. The summed E-state index contributed by atoms with van der Waals surface area (Å²) in [5.41, 5.74) is 0.915. The molecule has 20 heavy (non-hydrogen) atoms. The van der Waals surface area contributed by atoms with E-state index in [1.165, 1.54) is 38.4 Å². The molecule has 1 unspecified atom stereocenters. The molecule has 1 fully saturated rings. The van der Waals surface area contributed by atoms with Gasteiger partial charge in [-0.1, -0.05) is 32.8 Å². The maximum atomic E-state index is 13.3. The summed E-state index contributed by atoms with van der Waals surface area (Å²) in [4.78, 5) is 0. The summed E-state index contributed by atoms with van der Waals surface area (Å²) in [6.07, 6.45) is 5.26. The second kappa shape index (κ2) is 9.76. The van der Waals surface area contributed by atoms with E-state index in [0.717, 1.165) is 12.0 Å². The van der Waals surface area contributed by atoms with E-state index in [4.69, 9.17) is 4.74 Å². The molecule has 0 saturated carbocycles. The third kappa shape index (κ3) is 6.90. The van der Waals surface area contributed by atoms with E-state index < -0.39 is 0 Å². The number of ether oxygens (including phenoxy) is 1. The van der Waals surface area contributed by atoms with Gasteiger partial charge < -0.3 is 10.1 Å². The fraction of sp³-hybridized carbons (Fsp3) is 0.647. The normalized spacial score (nSPS) is 16.0. The van der Waals surface area contributed by atoms with E-state index in [0.29, 0.717) is 18.3 Å². The quantitative estimate of drug-likeness (QED) is 0.887. The summed E-state index contributed by atoms with van der Waals surface area (Å²) in [5, 5.41) is 3.28. The van der Waals surface area contributed by atoms with E-state index in [2.05, 4.69) is 19.2 Å². The van der Waals surface area contributed by atoms with Crippen molar-refractivity contribution in [2.45, 2.75) is 46.5 Å². The molecule has 1 aromatic rings. The van der Waals surface area contributed by atoms with Gasteiger partial charge in [0.05, 0.1) is 6.61 Å². The first-order chi connectivity index (χ1) is 9.63.